The number of esters is 1. The summed E-state index contributed by atoms with van der Waals surface area (Å²) in [5.74, 6) is -0.930. The van der Waals surface area contributed by atoms with E-state index < -0.39 is 5.97 Å². The van der Waals surface area contributed by atoms with Gasteiger partial charge in [-0.05, 0) is 50.2 Å². The number of aromatic nitrogens is 1. The molecule has 1 saturated heterocycles. The number of nitrogens with one attached hydrogen (secondary N) is 1. The first-order valence-electron chi connectivity index (χ1n) is 10.1. The zero-order chi connectivity index (χ0) is 21.5. The van der Waals surface area contributed by atoms with Gasteiger partial charge in [0.2, 0.25) is 0 Å². The second-order valence-corrected chi connectivity index (χ2v) is 7.11. The minimum atomic E-state index is -0.436. The lowest BCUT2D eigenvalue weighted by molar-refractivity contribution is 0.0524. The van der Waals surface area contributed by atoms with Gasteiger partial charge in [0.15, 0.2) is 0 Å². The fraction of sp³-hybridized carbons (Fsp3) is 0.409. The van der Waals surface area contributed by atoms with E-state index in [1.54, 1.807) is 32.0 Å². The molecular weight excluding hydrogens is 387 g/mol. The maximum atomic E-state index is 13.1. The molecule has 7 nitrogen and oxygen atoms in total. The number of piperazine rings is 1. The number of ether oxygens (including phenoxy) is 1. The predicted molar refractivity (Wildman–Crippen MR) is 112 cm³/mol. The number of aryl methyl sites for hydroxylation is 1. The normalized spacial score (nSPS) is 14.4. The Morgan fingerprint density at radius 3 is 2.43 bits per heavy atom. The Morgan fingerprint density at radius 2 is 1.80 bits per heavy atom. The molecule has 1 aliphatic rings. The van der Waals surface area contributed by atoms with Gasteiger partial charge >= 0.3 is 5.97 Å². The van der Waals surface area contributed by atoms with E-state index in [2.05, 4.69) is 20.1 Å². The fourth-order valence-corrected chi connectivity index (χ4v) is 3.41. The van der Waals surface area contributed by atoms with Crippen molar-refractivity contribution in [3.63, 3.8) is 0 Å². The Kier molecular flexibility index (Phi) is 7.35. The van der Waals surface area contributed by atoms with Crippen molar-refractivity contribution in [2.24, 2.45) is 0 Å². The van der Waals surface area contributed by atoms with Gasteiger partial charge in [-0.1, -0.05) is 0 Å². The van der Waals surface area contributed by atoms with Crippen molar-refractivity contribution in [2.75, 3.05) is 50.8 Å². The lowest BCUT2D eigenvalue weighted by Crippen LogP contribution is -2.48. The number of nitrogens with zero attached hydrogens (tertiary/aromatic N) is 3. The number of rotatable bonds is 7. The molecular formula is C22H27FN4O3. The van der Waals surface area contributed by atoms with Gasteiger partial charge < -0.3 is 15.0 Å². The van der Waals surface area contributed by atoms with E-state index in [0.29, 0.717) is 24.4 Å². The van der Waals surface area contributed by atoms with Gasteiger partial charge in [-0.2, -0.15) is 0 Å². The summed E-state index contributed by atoms with van der Waals surface area (Å²) in [7, 11) is 0. The van der Waals surface area contributed by atoms with Crippen molar-refractivity contribution in [2.45, 2.75) is 13.8 Å². The lowest BCUT2D eigenvalue weighted by Gasteiger charge is -2.36. The second-order valence-electron chi connectivity index (χ2n) is 7.11. The van der Waals surface area contributed by atoms with Crippen LogP contribution in [0.1, 0.15) is 33.5 Å². The third-order valence-electron chi connectivity index (χ3n) is 5.09. The minimum absolute atomic E-state index is 0.228. The molecule has 0 aliphatic carbocycles. The van der Waals surface area contributed by atoms with Crippen LogP contribution >= 0.6 is 0 Å². The van der Waals surface area contributed by atoms with Crippen molar-refractivity contribution in [3.8, 4) is 0 Å². The molecule has 0 saturated carbocycles. The van der Waals surface area contributed by atoms with E-state index >= 15 is 0 Å². The Hall–Kier alpha value is -3.00. The molecule has 160 valence electrons. The highest BCUT2D eigenvalue weighted by Crippen LogP contribution is 2.16. The summed E-state index contributed by atoms with van der Waals surface area (Å²) in [5.41, 5.74) is 2.14. The molecule has 1 N–H and O–H groups in total. The predicted octanol–water partition coefficient (Wildman–Crippen LogP) is 2.26. The number of anilines is 1. The van der Waals surface area contributed by atoms with Crippen LogP contribution in [-0.4, -0.2) is 67.6 Å². The lowest BCUT2D eigenvalue weighted by atomic mass is 10.2. The zero-order valence-electron chi connectivity index (χ0n) is 17.4. The van der Waals surface area contributed by atoms with E-state index in [9.17, 15) is 14.0 Å². The number of hydrogen-bond acceptors (Lipinski definition) is 6. The monoisotopic (exact) mass is 414 g/mol. The van der Waals surface area contributed by atoms with Crippen LogP contribution in [0.25, 0.3) is 0 Å². The summed E-state index contributed by atoms with van der Waals surface area (Å²) >= 11 is 0. The number of halogens is 1. The first-order valence-corrected chi connectivity index (χ1v) is 10.1. The first kappa shape index (κ1) is 21.7. The van der Waals surface area contributed by atoms with Crippen LogP contribution in [0.3, 0.4) is 0 Å². The first-order chi connectivity index (χ1) is 14.5. The van der Waals surface area contributed by atoms with E-state index in [0.717, 1.165) is 38.4 Å². The largest absolute Gasteiger partial charge is 0.462 e. The number of carbonyl (C=O) groups excluding carboxylic acids is 2. The Balaban J connectivity index is 1.43. The van der Waals surface area contributed by atoms with Gasteiger partial charge in [-0.15, -0.1) is 0 Å². The molecule has 1 aromatic heterocycles. The third kappa shape index (κ3) is 5.54. The van der Waals surface area contributed by atoms with Gasteiger partial charge in [-0.25, -0.2) is 14.2 Å². The summed E-state index contributed by atoms with van der Waals surface area (Å²) < 4.78 is 18.0. The molecule has 8 heteroatoms. The molecule has 1 aliphatic heterocycles. The van der Waals surface area contributed by atoms with Gasteiger partial charge in [0.05, 0.1) is 17.9 Å². The van der Waals surface area contributed by atoms with E-state index in [1.165, 1.54) is 18.2 Å². The summed E-state index contributed by atoms with van der Waals surface area (Å²) in [5, 5.41) is 2.88. The molecule has 30 heavy (non-hydrogen) atoms. The molecule has 2 aromatic rings. The maximum absolute atomic E-state index is 13.1. The van der Waals surface area contributed by atoms with Crippen LogP contribution in [0.5, 0.6) is 0 Å². The smallest absolute Gasteiger partial charge is 0.339 e. The molecule has 2 heterocycles. The number of hydrogen-bond donors (Lipinski definition) is 1. The van der Waals surface area contributed by atoms with Crippen LogP contribution in [0.15, 0.2) is 36.4 Å². The van der Waals surface area contributed by atoms with Crippen molar-refractivity contribution < 1.29 is 18.7 Å². The quantitative estimate of drug-likeness (QED) is 0.701. The van der Waals surface area contributed by atoms with Gasteiger partial charge in [0.1, 0.15) is 11.5 Å². The highest BCUT2D eigenvalue weighted by molar-refractivity contribution is 5.95. The highest BCUT2D eigenvalue weighted by Gasteiger charge is 2.18. The zero-order valence-corrected chi connectivity index (χ0v) is 17.4. The molecule has 0 bridgehead atoms. The summed E-state index contributed by atoms with van der Waals surface area (Å²) in [6, 6.07) is 9.67. The van der Waals surface area contributed by atoms with Gasteiger partial charge in [-0.3, -0.25) is 9.69 Å². The van der Waals surface area contributed by atoms with E-state index in [4.69, 9.17) is 4.74 Å². The average molecular weight is 414 g/mol. The minimum Gasteiger partial charge on any atom is -0.462 e. The van der Waals surface area contributed by atoms with Crippen LogP contribution in [-0.2, 0) is 4.74 Å². The number of amides is 1. The molecule has 1 fully saturated rings. The number of benzene rings is 1. The molecule has 0 spiro atoms. The molecule has 1 amide bonds. The van der Waals surface area contributed by atoms with Crippen molar-refractivity contribution >= 4 is 17.6 Å². The number of pyridine rings is 1. The number of carbonyl (C=O) groups is 2. The Labute approximate surface area is 175 Å². The van der Waals surface area contributed by atoms with Crippen LogP contribution in [0, 0.1) is 12.7 Å². The van der Waals surface area contributed by atoms with Crippen molar-refractivity contribution in [1.29, 1.82) is 0 Å². The van der Waals surface area contributed by atoms with Crippen molar-refractivity contribution in [1.82, 2.24) is 15.2 Å². The van der Waals surface area contributed by atoms with E-state index in [-0.39, 0.29) is 17.4 Å². The van der Waals surface area contributed by atoms with E-state index in [1.807, 2.05) is 0 Å². The van der Waals surface area contributed by atoms with Crippen LogP contribution in [0.2, 0.25) is 0 Å². The molecule has 0 atom stereocenters. The van der Waals surface area contributed by atoms with Crippen LogP contribution in [0.4, 0.5) is 10.1 Å². The molecule has 0 unspecified atom stereocenters. The fourth-order valence-electron chi connectivity index (χ4n) is 3.41. The van der Waals surface area contributed by atoms with Crippen molar-refractivity contribution in [3.05, 3.63) is 59.2 Å². The SMILES string of the molecule is CCOC(=O)c1ccc(C(=O)NCCN2CCN(c3ccc(F)cc3)CC2)nc1C. The van der Waals surface area contributed by atoms with Gasteiger partial charge in [0, 0.05) is 45.0 Å². The van der Waals surface area contributed by atoms with Crippen LogP contribution < -0.4 is 10.2 Å². The third-order valence-corrected chi connectivity index (χ3v) is 5.09. The Morgan fingerprint density at radius 1 is 1.10 bits per heavy atom. The Bertz CT molecular complexity index is 880. The second kappa shape index (κ2) is 10.2. The molecule has 3 rings (SSSR count). The molecule has 1 aromatic carbocycles. The summed E-state index contributed by atoms with van der Waals surface area (Å²) in [6.07, 6.45) is 0. The average Bonchev–Trinajstić information content (AvgIpc) is 2.75. The summed E-state index contributed by atoms with van der Waals surface area (Å²) in [4.78, 5) is 32.9. The topological polar surface area (TPSA) is 74.8 Å². The standard InChI is InChI=1S/C22H27FN4O3/c1-3-30-22(29)19-8-9-20(25-16(19)2)21(28)24-10-11-26-12-14-27(15-13-26)18-6-4-17(23)5-7-18/h4-9H,3,10-15H2,1-2H3,(H,24,28). The van der Waals surface area contributed by atoms with Gasteiger partial charge in [0.25, 0.3) is 5.91 Å². The molecule has 0 radical (unpaired) electrons. The summed E-state index contributed by atoms with van der Waals surface area (Å²) in [6.45, 7) is 8.43. The maximum Gasteiger partial charge on any atom is 0.339 e. The highest BCUT2D eigenvalue weighted by atomic mass is 19.1.